The molecule has 1 aliphatic heterocycles. The third-order valence-electron chi connectivity index (χ3n) is 4.85. The van der Waals surface area contributed by atoms with Crippen molar-refractivity contribution in [1.82, 2.24) is 10.0 Å². The van der Waals surface area contributed by atoms with Crippen LogP contribution in [0.1, 0.15) is 44.6 Å². The minimum atomic E-state index is -0.313. The summed E-state index contributed by atoms with van der Waals surface area (Å²) in [5.74, 6) is -0.237. The van der Waals surface area contributed by atoms with E-state index in [1.165, 1.54) is 0 Å². The molecule has 6 heteroatoms. The fourth-order valence-electron chi connectivity index (χ4n) is 3.91. The van der Waals surface area contributed by atoms with E-state index >= 15 is 0 Å². The van der Waals surface area contributed by atoms with Gasteiger partial charge in [-0.05, 0) is 29.5 Å². The van der Waals surface area contributed by atoms with Gasteiger partial charge < -0.3 is 0 Å². The summed E-state index contributed by atoms with van der Waals surface area (Å²) in [6.45, 7) is 4.12. The van der Waals surface area contributed by atoms with E-state index in [0.29, 0.717) is 22.9 Å². The van der Waals surface area contributed by atoms with Gasteiger partial charge in [0, 0.05) is 54.2 Å². The Morgan fingerprint density at radius 1 is 1.16 bits per heavy atom. The van der Waals surface area contributed by atoms with Crippen LogP contribution in [-0.4, -0.2) is 35.8 Å². The van der Waals surface area contributed by atoms with Crippen molar-refractivity contribution in [3.8, 4) is 0 Å². The first-order valence-corrected chi connectivity index (χ1v) is 9.08. The highest BCUT2D eigenvalue weighted by Crippen LogP contribution is 2.48. The zero-order valence-electron chi connectivity index (χ0n) is 14.9. The average Bonchev–Trinajstić information content (AvgIpc) is 2.44. The van der Waals surface area contributed by atoms with Gasteiger partial charge in [-0.2, -0.15) is 0 Å². The third-order valence-corrected chi connectivity index (χ3v) is 5.42. The highest BCUT2D eigenvalue weighted by Gasteiger charge is 2.45. The van der Waals surface area contributed by atoms with Crippen molar-refractivity contribution in [2.75, 3.05) is 14.1 Å². The van der Waals surface area contributed by atoms with Crippen LogP contribution in [0.15, 0.2) is 29.5 Å². The van der Waals surface area contributed by atoms with Crippen molar-refractivity contribution >= 4 is 34.9 Å². The summed E-state index contributed by atoms with van der Waals surface area (Å²) in [7, 11) is 3.65. The molecule has 1 aromatic carbocycles. The lowest BCUT2D eigenvalue weighted by atomic mass is 9.69. The lowest BCUT2D eigenvalue weighted by Crippen LogP contribution is -2.49. The van der Waals surface area contributed by atoms with E-state index < -0.39 is 0 Å². The van der Waals surface area contributed by atoms with Crippen molar-refractivity contribution < 1.29 is 9.59 Å². The summed E-state index contributed by atoms with van der Waals surface area (Å²) in [6.07, 6.45) is 1.38. The fraction of sp³-hybridized carbons (Fsp3) is 0.474. The van der Waals surface area contributed by atoms with E-state index in [4.69, 9.17) is 23.2 Å². The summed E-state index contributed by atoms with van der Waals surface area (Å²) in [5.41, 5.74) is 2.14. The number of halogens is 2. The predicted octanol–water partition coefficient (Wildman–Crippen LogP) is 4.43. The quantitative estimate of drug-likeness (QED) is 0.761. The van der Waals surface area contributed by atoms with Crippen molar-refractivity contribution in [2.24, 2.45) is 5.41 Å². The van der Waals surface area contributed by atoms with E-state index in [-0.39, 0.29) is 29.4 Å². The molecule has 0 bridgehead atoms. The Labute approximate surface area is 158 Å². The van der Waals surface area contributed by atoms with Gasteiger partial charge in [0.2, 0.25) is 5.91 Å². The van der Waals surface area contributed by atoms with Gasteiger partial charge in [0.05, 0.1) is 0 Å². The summed E-state index contributed by atoms with van der Waals surface area (Å²) >= 11 is 12.4. The van der Waals surface area contributed by atoms with Gasteiger partial charge in [0.15, 0.2) is 5.78 Å². The Morgan fingerprint density at radius 3 is 2.44 bits per heavy atom. The van der Waals surface area contributed by atoms with Crippen molar-refractivity contribution in [1.29, 1.82) is 0 Å². The van der Waals surface area contributed by atoms with Gasteiger partial charge in [0.25, 0.3) is 0 Å². The summed E-state index contributed by atoms with van der Waals surface area (Å²) in [4.78, 5) is 25.8. The molecule has 3 rings (SSSR count). The molecule has 1 aliphatic carbocycles. The monoisotopic (exact) mass is 380 g/mol. The first kappa shape index (κ1) is 18.4. The summed E-state index contributed by atoms with van der Waals surface area (Å²) < 4.78 is 0. The molecule has 0 saturated carbocycles. The number of allylic oxidation sites excluding steroid dienone is 2. The van der Waals surface area contributed by atoms with Gasteiger partial charge in [-0.15, -0.1) is 0 Å². The van der Waals surface area contributed by atoms with Gasteiger partial charge in [-0.25, -0.2) is 10.0 Å². The molecule has 0 aromatic heterocycles. The number of rotatable bonds is 2. The maximum Gasteiger partial charge on any atom is 0.242 e. The number of Topliss-reactive ketones (excluding diaryl/α,β-unsaturated/α-hetero) is 1. The Balaban J connectivity index is 2.19. The first-order chi connectivity index (χ1) is 11.6. The normalized spacial score (nSPS) is 23.3. The number of hydrogen-bond donors (Lipinski definition) is 0. The zero-order chi connectivity index (χ0) is 18.5. The molecule has 0 N–H and O–H groups in total. The summed E-state index contributed by atoms with van der Waals surface area (Å²) in [6, 6.07) is 5.24. The standard InChI is InChI=1S/C19H22Cl2N2O2/c1-19(2)9-15-18(16(24)10-19)13(8-17(25)23(15)22(3)4)12-6-5-11(20)7-14(12)21/h5-7,13H,8-10H2,1-4H3/t13-/m0/s1. The summed E-state index contributed by atoms with van der Waals surface area (Å²) in [5, 5.41) is 4.43. The fourth-order valence-corrected chi connectivity index (χ4v) is 4.45. The predicted molar refractivity (Wildman–Crippen MR) is 99.4 cm³/mol. The molecule has 0 unspecified atom stereocenters. The molecule has 1 amide bonds. The minimum absolute atomic E-state index is 0.0229. The molecule has 1 aromatic rings. The van der Waals surface area contributed by atoms with Crippen molar-refractivity contribution in [3.63, 3.8) is 0 Å². The second-order valence-corrected chi connectivity index (χ2v) is 8.62. The molecular weight excluding hydrogens is 359 g/mol. The zero-order valence-corrected chi connectivity index (χ0v) is 16.4. The molecule has 1 heterocycles. The van der Waals surface area contributed by atoms with E-state index in [2.05, 4.69) is 13.8 Å². The number of hydrogen-bond acceptors (Lipinski definition) is 3. The van der Waals surface area contributed by atoms with E-state index in [1.807, 2.05) is 20.2 Å². The number of benzene rings is 1. The topological polar surface area (TPSA) is 40.6 Å². The lowest BCUT2D eigenvalue weighted by Gasteiger charge is -2.44. The molecular formula is C19H22Cl2N2O2. The number of amides is 1. The van der Waals surface area contributed by atoms with Gasteiger partial charge >= 0.3 is 0 Å². The SMILES string of the molecule is CN(C)N1C(=O)C[C@@H](c2ccc(Cl)cc2Cl)C2=C1CC(C)(C)CC2=O. The number of hydrazine groups is 1. The van der Waals surface area contributed by atoms with E-state index in [9.17, 15) is 9.59 Å². The Bertz CT molecular complexity index is 784. The highest BCUT2D eigenvalue weighted by molar-refractivity contribution is 6.35. The molecule has 0 spiro atoms. The van der Waals surface area contributed by atoms with Gasteiger partial charge in [0.1, 0.15) is 0 Å². The molecule has 0 radical (unpaired) electrons. The Morgan fingerprint density at radius 2 is 1.84 bits per heavy atom. The second-order valence-electron chi connectivity index (χ2n) is 7.78. The van der Waals surface area contributed by atoms with Gasteiger partial charge in [-0.1, -0.05) is 43.1 Å². The number of ketones is 1. The number of carbonyl (C=O) groups is 2. The highest BCUT2D eigenvalue weighted by atomic mass is 35.5. The smallest absolute Gasteiger partial charge is 0.242 e. The van der Waals surface area contributed by atoms with Crippen LogP contribution in [0.4, 0.5) is 0 Å². The van der Waals surface area contributed by atoms with Crippen LogP contribution in [0.3, 0.4) is 0 Å². The Hall–Kier alpha value is -1.36. The van der Waals surface area contributed by atoms with E-state index in [0.717, 1.165) is 16.8 Å². The second kappa shape index (κ2) is 6.42. The molecule has 134 valence electrons. The number of carbonyl (C=O) groups excluding carboxylic acids is 2. The van der Waals surface area contributed by atoms with Gasteiger partial charge in [-0.3, -0.25) is 9.59 Å². The van der Waals surface area contributed by atoms with Crippen molar-refractivity contribution in [2.45, 2.75) is 39.0 Å². The van der Waals surface area contributed by atoms with E-state index in [1.54, 1.807) is 22.2 Å². The molecule has 2 aliphatic rings. The largest absolute Gasteiger partial charge is 0.294 e. The lowest BCUT2D eigenvalue weighted by molar-refractivity contribution is -0.143. The Kier molecular flexibility index (Phi) is 4.73. The molecule has 1 atom stereocenters. The molecule has 4 nitrogen and oxygen atoms in total. The minimum Gasteiger partial charge on any atom is -0.294 e. The van der Waals surface area contributed by atoms with Crippen LogP contribution in [-0.2, 0) is 9.59 Å². The van der Waals surface area contributed by atoms with Crippen LogP contribution < -0.4 is 0 Å². The van der Waals surface area contributed by atoms with Crippen LogP contribution in [0.25, 0.3) is 0 Å². The van der Waals surface area contributed by atoms with Crippen LogP contribution in [0.5, 0.6) is 0 Å². The number of nitrogens with zero attached hydrogens (tertiary/aromatic N) is 2. The third kappa shape index (κ3) is 3.35. The van der Waals surface area contributed by atoms with Crippen LogP contribution >= 0.6 is 23.2 Å². The van der Waals surface area contributed by atoms with Crippen LogP contribution in [0, 0.1) is 5.41 Å². The molecule has 0 saturated heterocycles. The van der Waals surface area contributed by atoms with Crippen molar-refractivity contribution in [3.05, 3.63) is 45.1 Å². The average molecular weight is 381 g/mol. The molecule has 0 fully saturated rings. The first-order valence-electron chi connectivity index (χ1n) is 8.32. The van der Waals surface area contributed by atoms with Crippen LogP contribution in [0.2, 0.25) is 10.0 Å². The maximum atomic E-state index is 13.0. The maximum absolute atomic E-state index is 13.0. The molecule has 25 heavy (non-hydrogen) atoms.